The number of aryl methyl sites for hydroxylation is 1. The van der Waals surface area contributed by atoms with Gasteiger partial charge in [-0.3, -0.25) is 0 Å². The van der Waals surface area contributed by atoms with Crippen molar-refractivity contribution in [2.75, 3.05) is 13.2 Å². The molecule has 0 aliphatic carbocycles. The summed E-state index contributed by atoms with van der Waals surface area (Å²) in [4.78, 5) is 7.98. The van der Waals surface area contributed by atoms with E-state index in [0.29, 0.717) is 24.7 Å². The third-order valence-electron chi connectivity index (χ3n) is 2.29. The molecule has 1 saturated heterocycles. The molecule has 0 saturated carbocycles. The molecule has 3 nitrogen and oxygen atoms in total. The number of hydrogen-bond donors (Lipinski definition) is 0. The van der Waals surface area contributed by atoms with Crippen LogP contribution in [0.5, 0.6) is 0 Å². The topological polar surface area (TPSA) is 35.0 Å². The fraction of sp³-hybridized carbons (Fsp3) is 0.556. The van der Waals surface area contributed by atoms with E-state index in [4.69, 9.17) is 16.3 Å². The zero-order chi connectivity index (χ0) is 10.1. The van der Waals surface area contributed by atoms with E-state index in [1.165, 1.54) is 0 Å². The monoisotopic (exact) mass is 216 g/mol. The normalized spacial score (nSPS) is 21.5. The summed E-state index contributed by atoms with van der Waals surface area (Å²) >= 11 is 5.63. The molecule has 5 heteroatoms. The van der Waals surface area contributed by atoms with Gasteiger partial charge < -0.3 is 4.74 Å². The van der Waals surface area contributed by atoms with E-state index in [0.717, 1.165) is 6.42 Å². The van der Waals surface area contributed by atoms with Gasteiger partial charge in [0.05, 0.1) is 12.3 Å². The van der Waals surface area contributed by atoms with E-state index in [9.17, 15) is 4.39 Å². The van der Waals surface area contributed by atoms with Crippen molar-refractivity contribution in [1.82, 2.24) is 9.97 Å². The molecule has 0 bridgehead atoms. The number of aromatic nitrogens is 2. The molecule has 14 heavy (non-hydrogen) atoms. The van der Waals surface area contributed by atoms with Crippen molar-refractivity contribution in [2.24, 2.45) is 0 Å². The first kappa shape index (κ1) is 9.80. The number of halogens is 2. The molecule has 0 radical (unpaired) electrons. The molecule has 1 atom stereocenters. The van der Waals surface area contributed by atoms with E-state index >= 15 is 0 Å². The lowest BCUT2D eigenvalue weighted by Gasteiger charge is -2.07. The van der Waals surface area contributed by atoms with Gasteiger partial charge in [-0.1, -0.05) is 11.6 Å². The van der Waals surface area contributed by atoms with Crippen molar-refractivity contribution in [1.29, 1.82) is 0 Å². The Morgan fingerprint density at radius 3 is 2.86 bits per heavy atom. The summed E-state index contributed by atoms with van der Waals surface area (Å²) in [6.07, 6.45) is 0.876. The molecule has 1 fully saturated rings. The van der Waals surface area contributed by atoms with Crippen LogP contribution in [0.2, 0.25) is 5.15 Å². The zero-order valence-corrected chi connectivity index (χ0v) is 8.51. The van der Waals surface area contributed by atoms with Crippen LogP contribution in [0.1, 0.15) is 23.9 Å². The van der Waals surface area contributed by atoms with Gasteiger partial charge in [-0.15, -0.1) is 0 Å². The van der Waals surface area contributed by atoms with Gasteiger partial charge in [0.15, 0.2) is 11.0 Å². The molecule has 0 amide bonds. The van der Waals surface area contributed by atoms with Gasteiger partial charge in [0.25, 0.3) is 0 Å². The van der Waals surface area contributed by atoms with Crippen LogP contribution in [0.4, 0.5) is 4.39 Å². The first-order valence-electron chi connectivity index (χ1n) is 4.45. The maximum absolute atomic E-state index is 13.1. The first-order chi connectivity index (χ1) is 6.68. The molecule has 2 heterocycles. The van der Waals surface area contributed by atoms with E-state index in [-0.39, 0.29) is 11.1 Å². The molecule has 0 spiro atoms. The van der Waals surface area contributed by atoms with Crippen LogP contribution in [-0.2, 0) is 4.74 Å². The Balaban J connectivity index is 2.34. The van der Waals surface area contributed by atoms with Crippen LogP contribution in [-0.4, -0.2) is 23.2 Å². The van der Waals surface area contributed by atoms with Crippen molar-refractivity contribution in [3.63, 3.8) is 0 Å². The molecule has 76 valence electrons. The van der Waals surface area contributed by atoms with Crippen LogP contribution in [0.15, 0.2) is 0 Å². The average Bonchev–Trinajstić information content (AvgIpc) is 2.66. The van der Waals surface area contributed by atoms with Gasteiger partial charge in [0.1, 0.15) is 5.82 Å². The van der Waals surface area contributed by atoms with Crippen molar-refractivity contribution < 1.29 is 9.13 Å². The minimum absolute atomic E-state index is 0.0978. The smallest absolute Gasteiger partial charge is 0.181 e. The summed E-state index contributed by atoms with van der Waals surface area (Å²) in [6.45, 7) is 2.89. The summed E-state index contributed by atoms with van der Waals surface area (Å²) in [5, 5.41) is -0.0978. The minimum atomic E-state index is -0.533. The maximum Gasteiger partial charge on any atom is 0.181 e. The average molecular weight is 217 g/mol. The Morgan fingerprint density at radius 2 is 2.29 bits per heavy atom. The zero-order valence-electron chi connectivity index (χ0n) is 7.76. The number of nitrogens with zero attached hydrogens (tertiary/aromatic N) is 2. The molecule has 1 aromatic rings. The molecular formula is C9H10ClFN2O. The fourth-order valence-corrected chi connectivity index (χ4v) is 1.69. The van der Waals surface area contributed by atoms with Crippen molar-refractivity contribution >= 4 is 11.6 Å². The quantitative estimate of drug-likeness (QED) is 0.675. The highest BCUT2D eigenvalue weighted by Gasteiger charge is 2.22. The maximum atomic E-state index is 13.1. The summed E-state index contributed by atoms with van der Waals surface area (Å²) < 4.78 is 18.3. The van der Waals surface area contributed by atoms with Gasteiger partial charge in [0, 0.05) is 12.5 Å². The van der Waals surface area contributed by atoms with Crippen LogP contribution in [0.3, 0.4) is 0 Å². The Hall–Kier alpha value is -0.740. The van der Waals surface area contributed by atoms with Gasteiger partial charge in [0.2, 0.25) is 0 Å². The summed E-state index contributed by atoms with van der Waals surface area (Å²) in [5.41, 5.74) is 0.298. The molecule has 1 aliphatic rings. The minimum Gasteiger partial charge on any atom is -0.381 e. The van der Waals surface area contributed by atoms with Crippen molar-refractivity contribution in [2.45, 2.75) is 19.3 Å². The highest BCUT2D eigenvalue weighted by molar-refractivity contribution is 6.29. The van der Waals surface area contributed by atoms with Gasteiger partial charge in [-0.2, -0.15) is 0 Å². The molecule has 1 aromatic heterocycles. The van der Waals surface area contributed by atoms with E-state index in [2.05, 4.69) is 9.97 Å². The molecule has 0 aromatic carbocycles. The molecule has 0 N–H and O–H groups in total. The van der Waals surface area contributed by atoms with Crippen LogP contribution < -0.4 is 0 Å². The lowest BCUT2D eigenvalue weighted by atomic mass is 10.1. The lowest BCUT2D eigenvalue weighted by molar-refractivity contribution is 0.193. The predicted octanol–water partition coefficient (Wildman–Crippen LogP) is 2.08. The third kappa shape index (κ3) is 1.72. The van der Waals surface area contributed by atoms with E-state index < -0.39 is 5.82 Å². The van der Waals surface area contributed by atoms with Crippen molar-refractivity contribution in [3.8, 4) is 0 Å². The number of rotatable bonds is 1. The second-order valence-corrected chi connectivity index (χ2v) is 3.69. The molecular weight excluding hydrogens is 207 g/mol. The highest BCUT2D eigenvalue weighted by atomic mass is 35.5. The molecule has 1 unspecified atom stereocenters. The second-order valence-electron chi connectivity index (χ2n) is 3.33. The SMILES string of the molecule is Cc1nc(C2CCOC2)nc(Cl)c1F. The Bertz CT molecular complexity index is 330. The van der Waals surface area contributed by atoms with E-state index in [1.807, 2.05) is 0 Å². The standard InChI is InChI=1S/C9H10ClFN2O/c1-5-7(11)8(10)13-9(12-5)6-2-3-14-4-6/h6H,2-4H2,1H3. The van der Waals surface area contributed by atoms with Gasteiger partial charge in [-0.25, -0.2) is 14.4 Å². The molecule has 2 rings (SSSR count). The van der Waals surface area contributed by atoms with Crippen LogP contribution in [0, 0.1) is 12.7 Å². The lowest BCUT2D eigenvalue weighted by Crippen LogP contribution is -2.07. The van der Waals surface area contributed by atoms with Gasteiger partial charge in [-0.05, 0) is 13.3 Å². The summed E-state index contributed by atoms with van der Waals surface area (Å²) in [7, 11) is 0. The Morgan fingerprint density at radius 1 is 1.50 bits per heavy atom. The predicted molar refractivity (Wildman–Crippen MR) is 49.9 cm³/mol. The molecule has 1 aliphatic heterocycles. The van der Waals surface area contributed by atoms with Crippen LogP contribution in [0.25, 0.3) is 0 Å². The summed E-state index contributed by atoms with van der Waals surface area (Å²) in [6, 6.07) is 0. The van der Waals surface area contributed by atoms with E-state index in [1.54, 1.807) is 6.92 Å². The third-order valence-corrected chi connectivity index (χ3v) is 2.54. The number of ether oxygens (including phenoxy) is 1. The fourth-order valence-electron chi connectivity index (χ4n) is 1.47. The van der Waals surface area contributed by atoms with Gasteiger partial charge >= 0.3 is 0 Å². The Kier molecular flexibility index (Phi) is 2.65. The largest absolute Gasteiger partial charge is 0.381 e. The van der Waals surface area contributed by atoms with Crippen molar-refractivity contribution in [3.05, 3.63) is 22.5 Å². The second kappa shape index (κ2) is 3.79. The van der Waals surface area contributed by atoms with Crippen LogP contribution >= 0.6 is 11.6 Å². The number of hydrogen-bond acceptors (Lipinski definition) is 3. The highest BCUT2D eigenvalue weighted by Crippen LogP contribution is 2.24. The summed E-state index contributed by atoms with van der Waals surface area (Å²) in [5.74, 6) is 0.215. The Labute approximate surface area is 86.3 Å². The first-order valence-corrected chi connectivity index (χ1v) is 4.83.